The molecule has 0 spiro atoms. The zero-order chi connectivity index (χ0) is 15.4. The standard InChI is InChI=1S/C19H13BrN2/c20-18-9-7-16(8-10-18)19(17-2-1-11-22-13-17)15-5-3-14(12-21)4-6-15/h1-11,13,19H. The predicted octanol–water partition coefficient (Wildman–Crippen LogP) is 4.90. The maximum absolute atomic E-state index is 8.97. The number of nitriles is 1. The Balaban J connectivity index is 2.10. The van der Waals surface area contributed by atoms with Gasteiger partial charge in [-0.1, -0.05) is 46.3 Å². The van der Waals surface area contributed by atoms with Gasteiger partial charge in [0.2, 0.25) is 0 Å². The molecule has 0 amide bonds. The first kappa shape index (κ1) is 14.5. The predicted molar refractivity (Wildman–Crippen MR) is 90.5 cm³/mol. The molecule has 106 valence electrons. The Bertz CT molecular complexity index is 788. The minimum atomic E-state index is 0.106. The molecule has 0 radical (unpaired) electrons. The Labute approximate surface area is 138 Å². The fourth-order valence-electron chi connectivity index (χ4n) is 2.53. The molecule has 3 aromatic rings. The molecule has 0 bridgehead atoms. The molecule has 0 aliphatic rings. The van der Waals surface area contributed by atoms with Gasteiger partial charge in [-0.15, -0.1) is 0 Å². The highest BCUT2D eigenvalue weighted by atomic mass is 79.9. The Morgan fingerprint density at radius 1 is 0.864 bits per heavy atom. The van der Waals surface area contributed by atoms with Gasteiger partial charge < -0.3 is 0 Å². The van der Waals surface area contributed by atoms with E-state index in [0.29, 0.717) is 5.56 Å². The second-order valence-electron chi connectivity index (χ2n) is 5.00. The second-order valence-corrected chi connectivity index (χ2v) is 5.92. The number of hydrogen-bond acceptors (Lipinski definition) is 2. The third-order valence-corrected chi connectivity index (χ3v) is 4.12. The highest BCUT2D eigenvalue weighted by Crippen LogP contribution is 2.32. The molecule has 0 aliphatic heterocycles. The quantitative estimate of drug-likeness (QED) is 0.675. The summed E-state index contributed by atoms with van der Waals surface area (Å²) in [6.45, 7) is 0. The van der Waals surface area contributed by atoms with Gasteiger partial charge in [-0.05, 0) is 47.0 Å². The molecule has 3 heteroatoms. The van der Waals surface area contributed by atoms with Crippen molar-refractivity contribution in [3.8, 4) is 6.07 Å². The van der Waals surface area contributed by atoms with Gasteiger partial charge in [-0.3, -0.25) is 4.98 Å². The van der Waals surface area contributed by atoms with E-state index in [1.807, 2.05) is 48.7 Å². The van der Waals surface area contributed by atoms with Crippen molar-refractivity contribution in [2.24, 2.45) is 0 Å². The summed E-state index contributed by atoms with van der Waals surface area (Å²) in [4.78, 5) is 4.25. The van der Waals surface area contributed by atoms with Crippen LogP contribution in [0.25, 0.3) is 0 Å². The second kappa shape index (κ2) is 6.55. The number of benzene rings is 2. The summed E-state index contributed by atoms with van der Waals surface area (Å²) < 4.78 is 1.06. The third-order valence-electron chi connectivity index (χ3n) is 3.59. The molecule has 1 unspecified atom stereocenters. The Morgan fingerprint density at radius 3 is 2.05 bits per heavy atom. The van der Waals surface area contributed by atoms with Crippen molar-refractivity contribution >= 4 is 15.9 Å². The highest BCUT2D eigenvalue weighted by Gasteiger charge is 2.16. The molecule has 1 aromatic heterocycles. The van der Waals surface area contributed by atoms with Crippen LogP contribution in [-0.2, 0) is 0 Å². The van der Waals surface area contributed by atoms with Crippen molar-refractivity contribution in [3.05, 3.63) is 99.8 Å². The molecule has 0 saturated carbocycles. The largest absolute Gasteiger partial charge is 0.264 e. The third kappa shape index (κ3) is 3.08. The first-order valence-electron chi connectivity index (χ1n) is 6.93. The van der Waals surface area contributed by atoms with E-state index in [0.717, 1.165) is 15.6 Å². The zero-order valence-corrected chi connectivity index (χ0v) is 13.4. The van der Waals surface area contributed by atoms with Gasteiger partial charge in [0, 0.05) is 22.8 Å². The number of halogens is 1. The number of rotatable bonds is 3. The maximum Gasteiger partial charge on any atom is 0.0991 e. The molecule has 0 fully saturated rings. The molecule has 1 atom stereocenters. The highest BCUT2D eigenvalue weighted by molar-refractivity contribution is 9.10. The van der Waals surface area contributed by atoms with Crippen molar-refractivity contribution in [3.63, 3.8) is 0 Å². The van der Waals surface area contributed by atoms with Crippen molar-refractivity contribution in [1.29, 1.82) is 5.26 Å². The van der Waals surface area contributed by atoms with Gasteiger partial charge in [0.15, 0.2) is 0 Å². The van der Waals surface area contributed by atoms with E-state index in [4.69, 9.17) is 5.26 Å². The summed E-state index contributed by atoms with van der Waals surface area (Å²) in [5.41, 5.74) is 4.15. The van der Waals surface area contributed by atoms with Gasteiger partial charge in [0.1, 0.15) is 0 Å². The summed E-state index contributed by atoms with van der Waals surface area (Å²) in [5, 5.41) is 8.97. The van der Waals surface area contributed by atoms with Crippen molar-refractivity contribution in [2.45, 2.75) is 5.92 Å². The van der Waals surface area contributed by atoms with E-state index in [9.17, 15) is 0 Å². The smallest absolute Gasteiger partial charge is 0.0991 e. The molecule has 2 nitrogen and oxygen atoms in total. The molecular weight excluding hydrogens is 336 g/mol. The first-order chi connectivity index (χ1) is 10.8. The monoisotopic (exact) mass is 348 g/mol. The summed E-state index contributed by atoms with van der Waals surface area (Å²) in [6, 6.07) is 22.2. The molecular formula is C19H13BrN2. The number of pyridine rings is 1. The van der Waals surface area contributed by atoms with E-state index >= 15 is 0 Å². The van der Waals surface area contributed by atoms with Crippen LogP contribution in [0.15, 0.2) is 77.5 Å². The lowest BCUT2D eigenvalue weighted by Crippen LogP contribution is -2.03. The van der Waals surface area contributed by atoms with E-state index in [-0.39, 0.29) is 5.92 Å². The van der Waals surface area contributed by atoms with Gasteiger partial charge >= 0.3 is 0 Å². The SMILES string of the molecule is N#Cc1ccc(C(c2ccc(Br)cc2)c2cccnc2)cc1. The van der Waals surface area contributed by atoms with Gasteiger partial charge in [-0.25, -0.2) is 0 Å². The minimum Gasteiger partial charge on any atom is -0.264 e. The topological polar surface area (TPSA) is 36.7 Å². The lowest BCUT2D eigenvalue weighted by Gasteiger charge is -2.18. The summed E-state index contributed by atoms with van der Waals surface area (Å²) >= 11 is 3.48. The van der Waals surface area contributed by atoms with Crippen molar-refractivity contribution < 1.29 is 0 Å². The molecule has 0 saturated heterocycles. The molecule has 22 heavy (non-hydrogen) atoms. The summed E-state index contributed by atoms with van der Waals surface area (Å²) in [6.07, 6.45) is 3.67. The Hall–Kier alpha value is -2.44. The van der Waals surface area contributed by atoms with Crippen molar-refractivity contribution in [1.82, 2.24) is 4.98 Å². The van der Waals surface area contributed by atoms with Crippen LogP contribution in [0, 0.1) is 11.3 Å². The maximum atomic E-state index is 8.97. The fourth-order valence-corrected chi connectivity index (χ4v) is 2.79. The number of hydrogen-bond donors (Lipinski definition) is 0. The normalized spacial score (nSPS) is 11.6. The van der Waals surface area contributed by atoms with Crippen LogP contribution in [0.2, 0.25) is 0 Å². The van der Waals surface area contributed by atoms with E-state index in [1.165, 1.54) is 5.56 Å². The van der Waals surface area contributed by atoms with Crippen LogP contribution < -0.4 is 0 Å². The average Bonchev–Trinajstić information content (AvgIpc) is 2.58. The minimum absolute atomic E-state index is 0.106. The molecule has 0 aliphatic carbocycles. The number of aromatic nitrogens is 1. The summed E-state index contributed by atoms with van der Waals surface area (Å²) in [7, 11) is 0. The van der Waals surface area contributed by atoms with Crippen LogP contribution in [0.3, 0.4) is 0 Å². The van der Waals surface area contributed by atoms with Crippen LogP contribution in [-0.4, -0.2) is 4.98 Å². The van der Waals surface area contributed by atoms with Gasteiger partial charge in [0.25, 0.3) is 0 Å². The van der Waals surface area contributed by atoms with Crippen LogP contribution in [0.4, 0.5) is 0 Å². The Morgan fingerprint density at radius 2 is 1.50 bits per heavy atom. The molecule has 0 N–H and O–H groups in total. The molecule has 2 aromatic carbocycles. The fraction of sp³-hybridized carbons (Fsp3) is 0.0526. The summed E-state index contributed by atoms with van der Waals surface area (Å²) in [5.74, 6) is 0.106. The lowest BCUT2D eigenvalue weighted by atomic mass is 9.86. The van der Waals surface area contributed by atoms with Crippen LogP contribution in [0.1, 0.15) is 28.2 Å². The zero-order valence-electron chi connectivity index (χ0n) is 11.8. The van der Waals surface area contributed by atoms with Crippen molar-refractivity contribution in [2.75, 3.05) is 0 Å². The van der Waals surface area contributed by atoms with E-state index < -0.39 is 0 Å². The number of nitrogens with zero attached hydrogens (tertiary/aromatic N) is 2. The van der Waals surface area contributed by atoms with Crippen LogP contribution >= 0.6 is 15.9 Å². The van der Waals surface area contributed by atoms with Gasteiger partial charge in [-0.2, -0.15) is 5.26 Å². The first-order valence-corrected chi connectivity index (χ1v) is 7.72. The molecule has 3 rings (SSSR count). The van der Waals surface area contributed by atoms with E-state index in [1.54, 1.807) is 6.20 Å². The lowest BCUT2D eigenvalue weighted by molar-refractivity contribution is 0.962. The average molecular weight is 349 g/mol. The van der Waals surface area contributed by atoms with Crippen LogP contribution in [0.5, 0.6) is 0 Å². The molecule has 1 heterocycles. The Kier molecular flexibility index (Phi) is 4.32. The van der Waals surface area contributed by atoms with Gasteiger partial charge in [0.05, 0.1) is 11.6 Å². The van der Waals surface area contributed by atoms with E-state index in [2.05, 4.69) is 45.2 Å².